The van der Waals surface area contributed by atoms with Gasteiger partial charge in [-0.15, -0.1) is 0 Å². The van der Waals surface area contributed by atoms with Crippen molar-refractivity contribution < 1.29 is 23.4 Å². The molecule has 0 aliphatic carbocycles. The Labute approximate surface area is 208 Å². The van der Waals surface area contributed by atoms with Crippen LogP contribution in [0.2, 0.25) is 0 Å². The molecule has 0 atom stereocenters. The fourth-order valence-corrected chi connectivity index (χ4v) is 3.05. The van der Waals surface area contributed by atoms with Crippen LogP contribution in [0.15, 0.2) is 71.8 Å². The number of anilines is 1. The Morgan fingerprint density at radius 3 is 2.43 bits per heavy atom. The average molecular weight is 496 g/mol. The van der Waals surface area contributed by atoms with Crippen LogP contribution in [0.5, 0.6) is 17.2 Å². The van der Waals surface area contributed by atoms with Gasteiger partial charge in [-0.1, -0.05) is 6.92 Å². The molecule has 0 aliphatic heterocycles. The highest BCUT2D eigenvalue weighted by molar-refractivity contribution is 7.80. The van der Waals surface area contributed by atoms with Gasteiger partial charge in [-0.25, -0.2) is 9.18 Å². The van der Waals surface area contributed by atoms with Crippen LogP contribution in [-0.4, -0.2) is 30.5 Å². The topological polar surface area (TPSA) is 81.2 Å². The lowest BCUT2D eigenvalue weighted by molar-refractivity contribution is 0.0728. The molecule has 0 amide bonds. The molecule has 3 rings (SSSR count). The third kappa shape index (κ3) is 8.08. The van der Waals surface area contributed by atoms with Gasteiger partial charge in [-0.2, -0.15) is 5.10 Å². The number of esters is 1. The number of hydrogen-bond acceptors (Lipinski definition) is 6. The van der Waals surface area contributed by atoms with E-state index in [1.807, 2.05) is 13.8 Å². The van der Waals surface area contributed by atoms with Crippen molar-refractivity contribution in [3.63, 3.8) is 0 Å². The molecular weight excluding hydrogens is 469 g/mol. The fourth-order valence-electron chi connectivity index (χ4n) is 2.88. The van der Waals surface area contributed by atoms with Crippen molar-refractivity contribution in [3.05, 3.63) is 83.7 Å². The number of thiocarbonyl (C=S) groups is 1. The van der Waals surface area contributed by atoms with Crippen LogP contribution in [0, 0.1) is 5.82 Å². The molecule has 0 heterocycles. The summed E-state index contributed by atoms with van der Waals surface area (Å²) < 4.78 is 29.7. The van der Waals surface area contributed by atoms with Crippen molar-refractivity contribution in [1.29, 1.82) is 0 Å². The number of ether oxygens (including phenoxy) is 3. The molecule has 0 unspecified atom stereocenters. The number of carbonyl (C=O) groups excluding carboxylic acids is 1. The molecule has 3 aromatic carbocycles. The van der Waals surface area contributed by atoms with Gasteiger partial charge in [0.1, 0.15) is 11.6 Å². The van der Waals surface area contributed by atoms with Crippen LogP contribution in [0.3, 0.4) is 0 Å². The predicted molar refractivity (Wildman–Crippen MR) is 138 cm³/mol. The zero-order valence-corrected chi connectivity index (χ0v) is 20.2. The molecule has 0 spiro atoms. The number of carbonyl (C=O) groups is 1. The van der Waals surface area contributed by atoms with Crippen molar-refractivity contribution >= 4 is 35.2 Å². The molecule has 0 bridgehead atoms. The van der Waals surface area contributed by atoms with Gasteiger partial charge in [-0.3, -0.25) is 5.43 Å². The molecule has 0 aliphatic rings. The highest BCUT2D eigenvalue weighted by Gasteiger charge is 2.13. The van der Waals surface area contributed by atoms with Crippen molar-refractivity contribution in [2.24, 2.45) is 5.10 Å². The molecular formula is C26H26FN3O4S. The van der Waals surface area contributed by atoms with E-state index >= 15 is 0 Å². The number of hydrazone groups is 1. The molecule has 0 aromatic heterocycles. The lowest BCUT2D eigenvalue weighted by Gasteiger charge is -2.12. The number of halogens is 1. The molecule has 7 nitrogen and oxygen atoms in total. The minimum Gasteiger partial charge on any atom is -0.494 e. The van der Waals surface area contributed by atoms with E-state index < -0.39 is 5.97 Å². The number of nitrogens with one attached hydrogen (secondary N) is 2. The van der Waals surface area contributed by atoms with Gasteiger partial charge >= 0.3 is 5.97 Å². The third-order valence-corrected chi connectivity index (χ3v) is 4.71. The van der Waals surface area contributed by atoms with Gasteiger partial charge < -0.3 is 19.5 Å². The SMILES string of the molecule is CCCOc1ccc(C(=O)Oc2ccc(C=NNC(=S)Nc3ccc(F)cc3)cc2OCC)cc1. The van der Waals surface area contributed by atoms with Gasteiger partial charge in [0.15, 0.2) is 16.6 Å². The largest absolute Gasteiger partial charge is 0.494 e. The average Bonchev–Trinajstić information content (AvgIpc) is 2.86. The first-order valence-corrected chi connectivity index (χ1v) is 11.5. The molecule has 0 saturated carbocycles. The Morgan fingerprint density at radius 2 is 1.74 bits per heavy atom. The van der Waals surface area contributed by atoms with Gasteiger partial charge in [0.2, 0.25) is 0 Å². The molecule has 0 saturated heterocycles. The summed E-state index contributed by atoms with van der Waals surface area (Å²) in [5.41, 5.74) is 4.42. The Morgan fingerprint density at radius 1 is 1.00 bits per heavy atom. The second-order valence-corrected chi connectivity index (χ2v) is 7.64. The maximum absolute atomic E-state index is 13.0. The Balaban J connectivity index is 1.61. The summed E-state index contributed by atoms with van der Waals surface area (Å²) in [5, 5.41) is 7.24. The number of rotatable bonds is 10. The van der Waals surface area contributed by atoms with Gasteiger partial charge in [0.05, 0.1) is 25.0 Å². The minimum atomic E-state index is -0.506. The first kappa shape index (κ1) is 25.6. The second kappa shape index (κ2) is 13.0. The van der Waals surface area contributed by atoms with Crippen molar-refractivity contribution in [3.8, 4) is 17.2 Å². The summed E-state index contributed by atoms with van der Waals surface area (Å²) in [6.07, 6.45) is 2.45. The van der Waals surface area contributed by atoms with E-state index in [1.165, 1.54) is 12.1 Å². The quantitative estimate of drug-likeness (QED) is 0.125. The minimum absolute atomic E-state index is 0.245. The lowest BCUT2D eigenvalue weighted by Crippen LogP contribution is -2.23. The number of hydrogen-bond donors (Lipinski definition) is 2. The van der Waals surface area contributed by atoms with Crippen LogP contribution in [0.1, 0.15) is 36.2 Å². The van der Waals surface area contributed by atoms with Crippen LogP contribution in [0.25, 0.3) is 0 Å². The van der Waals surface area contributed by atoms with Crippen LogP contribution >= 0.6 is 12.2 Å². The summed E-state index contributed by atoms with van der Waals surface area (Å²) in [6.45, 7) is 4.86. The molecule has 2 N–H and O–H groups in total. The van der Waals surface area contributed by atoms with Crippen molar-refractivity contribution in [2.75, 3.05) is 18.5 Å². The second-order valence-electron chi connectivity index (χ2n) is 7.23. The number of benzene rings is 3. The van der Waals surface area contributed by atoms with Crippen molar-refractivity contribution in [2.45, 2.75) is 20.3 Å². The maximum atomic E-state index is 13.0. The first-order valence-electron chi connectivity index (χ1n) is 11.1. The molecule has 9 heteroatoms. The summed E-state index contributed by atoms with van der Waals surface area (Å²) in [4.78, 5) is 12.6. The van der Waals surface area contributed by atoms with Gasteiger partial charge in [0.25, 0.3) is 0 Å². The Kier molecular flexibility index (Phi) is 9.56. The summed E-state index contributed by atoms with van der Waals surface area (Å²) in [6, 6.07) is 17.6. The standard InChI is InChI=1S/C26H26FN3O4S/c1-3-15-33-22-12-6-19(7-13-22)25(31)34-23-14-5-18(16-24(23)32-4-2)17-28-30-26(35)29-21-10-8-20(27)9-11-21/h5-14,16-17H,3-4,15H2,1-2H3,(H2,29,30,35). The first-order chi connectivity index (χ1) is 17.0. The van der Waals surface area contributed by atoms with Crippen molar-refractivity contribution in [1.82, 2.24) is 5.43 Å². The smallest absolute Gasteiger partial charge is 0.343 e. The van der Waals surface area contributed by atoms with E-state index in [0.29, 0.717) is 47.3 Å². The molecule has 3 aromatic rings. The van der Waals surface area contributed by atoms with E-state index in [2.05, 4.69) is 15.8 Å². The van der Waals surface area contributed by atoms with E-state index in [4.69, 9.17) is 26.4 Å². The predicted octanol–water partition coefficient (Wildman–Crippen LogP) is 5.55. The molecule has 0 fully saturated rings. The molecule has 182 valence electrons. The summed E-state index contributed by atoms with van der Waals surface area (Å²) in [5.74, 6) is 0.555. The molecule has 0 radical (unpaired) electrons. The zero-order chi connectivity index (χ0) is 25.0. The lowest BCUT2D eigenvalue weighted by atomic mass is 10.2. The third-order valence-electron chi connectivity index (χ3n) is 4.51. The van der Waals surface area contributed by atoms with Gasteiger partial charge in [0, 0.05) is 5.69 Å². The monoisotopic (exact) mass is 495 g/mol. The summed E-state index contributed by atoms with van der Waals surface area (Å²) >= 11 is 5.18. The normalized spacial score (nSPS) is 10.6. The van der Waals surface area contributed by atoms with E-state index in [1.54, 1.807) is 60.8 Å². The highest BCUT2D eigenvalue weighted by Crippen LogP contribution is 2.29. The van der Waals surface area contributed by atoms with Crippen LogP contribution in [-0.2, 0) is 0 Å². The van der Waals surface area contributed by atoms with E-state index in [-0.39, 0.29) is 10.9 Å². The fraction of sp³-hybridized carbons (Fsp3) is 0.192. The van der Waals surface area contributed by atoms with Gasteiger partial charge in [-0.05, 0) is 97.9 Å². The van der Waals surface area contributed by atoms with E-state index in [0.717, 1.165) is 6.42 Å². The Bertz CT molecular complexity index is 1170. The van der Waals surface area contributed by atoms with Crippen LogP contribution in [0.4, 0.5) is 10.1 Å². The number of nitrogens with zero attached hydrogens (tertiary/aromatic N) is 1. The van der Waals surface area contributed by atoms with E-state index in [9.17, 15) is 9.18 Å². The Hall–Kier alpha value is -3.98. The zero-order valence-electron chi connectivity index (χ0n) is 19.4. The molecule has 35 heavy (non-hydrogen) atoms. The maximum Gasteiger partial charge on any atom is 0.343 e. The summed E-state index contributed by atoms with van der Waals surface area (Å²) in [7, 11) is 0. The highest BCUT2D eigenvalue weighted by atomic mass is 32.1. The van der Waals surface area contributed by atoms with Crippen LogP contribution < -0.4 is 25.0 Å².